The summed E-state index contributed by atoms with van der Waals surface area (Å²) in [5.41, 5.74) is 0.878. The van der Waals surface area contributed by atoms with Gasteiger partial charge in [-0.15, -0.1) is 0 Å². The van der Waals surface area contributed by atoms with E-state index in [0.717, 1.165) is 11.6 Å². The van der Waals surface area contributed by atoms with Crippen LogP contribution in [0.5, 0.6) is 0 Å². The lowest BCUT2D eigenvalue weighted by molar-refractivity contribution is -0.164. The van der Waals surface area contributed by atoms with Gasteiger partial charge in [0.15, 0.2) is 6.10 Å². The molecular weight excluding hydrogens is 220 g/mol. The molecule has 1 rings (SSSR count). The first-order valence-corrected chi connectivity index (χ1v) is 5.17. The number of hydrogen-bond donors (Lipinski definition) is 0. The van der Waals surface area contributed by atoms with E-state index in [2.05, 4.69) is 6.58 Å². The van der Waals surface area contributed by atoms with Gasteiger partial charge in [0.05, 0.1) is 0 Å². The quantitative estimate of drug-likeness (QED) is 0.576. The number of carbonyl (C=O) groups excluding carboxylic acids is 2. The summed E-state index contributed by atoms with van der Waals surface area (Å²) >= 11 is 0. The average Bonchev–Trinajstić information content (AvgIpc) is 2.36. The predicted molar refractivity (Wildman–Crippen MR) is 62.0 cm³/mol. The minimum absolute atomic E-state index is 0.162. The van der Waals surface area contributed by atoms with E-state index in [4.69, 9.17) is 9.47 Å². The van der Waals surface area contributed by atoms with Gasteiger partial charge in [-0.2, -0.15) is 0 Å². The lowest BCUT2D eigenvalue weighted by Gasteiger charge is -2.11. The number of esters is 2. The molecule has 0 bridgehead atoms. The van der Waals surface area contributed by atoms with Crippen LogP contribution in [-0.2, 0) is 25.7 Å². The predicted octanol–water partition coefficient (Wildman–Crippen LogP) is 1.85. The zero-order chi connectivity index (χ0) is 12.7. The second-order valence-corrected chi connectivity index (χ2v) is 3.38. The number of carbonyl (C=O) groups is 2. The van der Waals surface area contributed by atoms with Crippen LogP contribution in [0.2, 0.25) is 0 Å². The lowest BCUT2D eigenvalue weighted by atomic mass is 10.2. The highest BCUT2D eigenvalue weighted by atomic mass is 16.6. The maximum atomic E-state index is 11.4. The summed E-state index contributed by atoms with van der Waals surface area (Å²) in [6, 6.07) is 9.26. The van der Waals surface area contributed by atoms with E-state index in [9.17, 15) is 9.59 Å². The Bertz CT molecular complexity index is 397. The minimum atomic E-state index is -0.927. The largest absolute Gasteiger partial charge is 0.458 e. The molecule has 1 unspecified atom stereocenters. The first-order valence-electron chi connectivity index (χ1n) is 5.17. The van der Waals surface area contributed by atoms with Gasteiger partial charge in [-0.3, -0.25) is 0 Å². The Labute approximate surface area is 99.8 Å². The molecule has 0 spiro atoms. The van der Waals surface area contributed by atoms with Gasteiger partial charge in [0.1, 0.15) is 6.61 Å². The van der Waals surface area contributed by atoms with E-state index >= 15 is 0 Å². The first kappa shape index (κ1) is 13.0. The molecule has 1 aromatic carbocycles. The summed E-state index contributed by atoms with van der Waals surface area (Å²) in [7, 11) is 0. The molecule has 0 N–H and O–H groups in total. The van der Waals surface area contributed by atoms with Crippen molar-refractivity contribution in [3.8, 4) is 0 Å². The third-order valence-electron chi connectivity index (χ3n) is 2.02. The van der Waals surface area contributed by atoms with Crippen molar-refractivity contribution < 1.29 is 19.1 Å². The Morgan fingerprint density at radius 1 is 1.35 bits per heavy atom. The van der Waals surface area contributed by atoms with E-state index in [1.54, 1.807) is 0 Å². The van der Waals surface area contributed by atoms with Crippen LogP contribution in [0.3, 0.4) is 0 Å². The maximum absolute atomic E-state index is 11.4. The van der Waals surface area contributed by atoms with E-state index in [1.807, 2.05) is 30.3 Å². The molecule has 90 valence electrons. The summed E-state index contributed by atoms with van der Waals surface area (Å²) in [5.74, 6) is -1.22. The van der Waals surface area contributed by atoms with Crippen molar-refractivity contribution in [2.45, 2.75) is 19.6 Å². The highest BCUT2D eigenvalue weighted by molar-refractivity contribution is 5.84. The fourth-order valence-corrected chi connectivity index (χ4v) is 1.12. The SMILES string of the molecule is C=CC(=O)OC(C)C(=O)OCc1ccccc1. The van der Waals surface area contributed by atoms with Gasteiger partial charge in [0, 0.05) is 6.08 Å². The summed E-state index contributed by atoms with van der Waals surface area (Å²) in [6.45, 7) is 4.86. The van der Waals surface area contributed by atoms with Gasteiger partial charge in [0.25, 0.3) is 0 Å². The second kappa shape index (κ2) is 6.48. The maximum Gasteiger partial charge on any atom is 0.347 e. The van der Waals surface area contributed by atoms with Crippen LogP contribution >= 0.6 is 0 Å². The summed E-state index contributed by atoms with van der Waals surface area (Å²) in [4.78, 5) is 22.3. The van der Waals surface area contributed by atoms with E-state index in [0.29, 0.717) is 0 Å². The number of rotatable bonds is 5. The van der Waals surface area contributed by atoms with Gasteiger partial charge in [0.2, 0.25) is 0 Å². The fourth-order valence-electron chi connectivity index (χ4n) is 1.12. The normalized spacial score (nSPS) is 11.4. The molecule has 0 heterocycles. The van der Waals surface area contributed by atoms with Crippen molar-refractivity contribution in [3.05, 3.63) is 48.6 Å². The topological polar surface area (TPSA) is 52.6 Å². The summed E-state index contributed by atoms with van der Waals surface area (Å²) in [6.07, 6.45) is 0.0743. The third-order valence-corrected chi connectivity index (χ3v) is 2.02. The van der Waals surface area contributed by atoms with Crippen LogP contribution in [0.25, 0.3) is 0 Å². The van der Waals surface area contributed by atoms with Crippen LogP contribution in [-0.4, -0.2) is 18.0 Å². The minimum Gasteiger partial charge on any atom is -0.458 e. The van der Waals surface area contributed by atoms with Crippen LogP contribution in [0.15, 0.2) is 43.0 Å². The van der Waals surface area contributed by atoms with Crippen molar-refractivity contribution in [3.63, 3.8) is 0 Å². The molecule has 0 aliphatic rings. The van der Waals surface area contributed by atoms with Crippen molar-refractivity contribution in [1.82, 2.24) is 0 Å². The van der Waals surface area contributed by atoms with Crippen molar-refractivity contribution >= 4 is 11.9 Å². The highest BCUT2D eigenvalue weighted by Crippen LogP contribution is 2.03. The molecule has 1 aromatic rings. The van der Waals surface area contributed by atoms with Crippen molar-refractivity contribution in [2.75, 3.05) is 0 Å². The first-order chi connectivity index (χ1) is 8.13. The lowest BCUT2D eigenvalue weighted by Crippen LogP contribution is -2.25. The number of hydrogen-bond acceptors (Lipinski definition) is 4. The second-order valence-electron chi connectivity index (χ2n) is 3.38. The molecule has 0 saturated carbocycles. The molecule has 4 heteroatoms. The molecule has 0 amide bonds. The smallest absolute Gasteiger partial charge is 0.347 e. The third kappa shape index (κ3) is 4.51. The molecule has 4 nitrogen and oxygen atoms in total. The fraction of sp³-hybridized carbons (Fsp3) is 0.231. The molecule has 1 atom stereocenters. The average molecular weight is 234 g/mol. The molecule has 17 heavy (non-hydrogen) atoms. The molecule has 0 radical (unpaired) electrons. The van der Waals surface area contributed by atoms with Gasteiger partial charge in [-0.1, -0.05) is 36.9 Å². The molecular formula is C13H14O4. The van der Waals surface area contributed by atoms with Gasteiger partial charge >= 0.3 is 11.9 Å². The Kier molecular flexibility index (Phi) is 4.94. The number of benzene rings is 1. The van der Waals surface area contributed by atoms with Gasteiger partial charge in [-0.25, -0.2) is 9.59 Å². The molecule has 0 saturated heterocycles. The monoisotopic (exact) mass is 234 g/mol. The zero-order valence-corrected chi connectivity index (χ0v) is 9.59. The van der Waals surface area contributed by atoms with E-state index < -0.39 is 18.0 Å². The van der Waals surface area contributed by atoms with Crippen LogP contribution in [0.1, 0.15) is 12.5 Å². The van der Waals surface area contributed by atoms with Crippen molar-refractivity contribution in [1.29, 1.82) is 0 Å². The molecule has 0 aliphatic carbocycles. The Hall–Kier alpha value is -2.10. The molecule has 0 aliphatic heterocycles. The van der Waals surface area contributed by atoms with Crippen LogP contribution in [0.4, 0.5) is 0 Å². The van der Waals surface area contributed by atoms with Crippen molar-refractivity contribution in [2.24, 2.45) is 0 Å². The van der Waals surface area contributed by atoms with E-state index in [-0.39, 0.29) is 6.61 Å². The standard InChI is InChI=1S/C13H14O4/c1-3-12(14)17-10(2)13(15)16-9-11-7-5-4-6-8-11/h3-8,10H,1,9H2,2H3. The Morgan fingerprint density at radius 3 is 2.59 bits per heavy atom. The highest BCUT2D eigenvalue weighted by Gasteiger charge is 2.17. The number of ether oxygens (including phenoxy) is 2. The molecule has 0 fully saturated rings. The summed E-state index contributed by atoms with van der Waals surface area (Å²) in [5, 5.41) is 0. The van der Waals surface area contributed by atoms with E-state index in [1.165, 1.54) is 6.92 Å². The van der Waals surface area contributed by atoms with Gasteiger partial charge < -0.3 is 9.47 Å². The Morgan fingerprint density at radius 2 is 2.00 bits per heavy atom. The molecule has 0 aromatic heterocycles. The van der Waals surface area contributed by atoms with Crippen LogP contribution in [0, 0.1) is 0 Å². The zero-order valence-electron chi connectivity index (χ0n) is 9.59. The van der Waals surface area contributed by atoms with Gasteiger partial charge in [-0.05, 0) is 12.5 Å². The Balaban J connectivity index is 2.39. The summed E-state index contributed by atoms with van der Waals surface area (Å²) < 4.78 is 9.70. The van der Waals surface area contributed by atoms with Crippen LogP contribution < -0.4 is 0 Å².